The number of likely N-dealkylation sites (N-methyl/N-ethyl adjacent to an activating group) is 1. The van der Waals surface area contributed by atoms with E-state index in [1.807, 2.05) is 66.5 Å². The summed E-state index contributed by atoms with van der Waals surface area (Å²) in [5.74, 6) is 1.42. The van der Waals surface area contributed by atoms with Crippen molar-refractivity contribution in [2.75, 3.05) is 33.5 Å². The van der Waals surface area contributed by atoms with Gasteiger partial charge in [-0.15, -0.1) is 0 Å². The fourth-order valence-corrected chi connectivity index (χ4v) is 2.35. The maximum Gasteiger partial charge on any atom is 0.123 e. The lowest BCUT2D eigenvalue weighted by molar-refractivity contribution is 0.0744. The van der Waals surface area contributed by atoms with Gasteiger partial charge < -0.3 is 14.6 Å². The smallest absolute Gasteiger partial charge is 0.123 e. The van der Waals surface area contributed by atoms with Gasteiger partial charge in [0.1, 0.15) is 37.5 Å². The highest BCUT2D eigenvalue weighted by Gasteiger charge is 2.10. The maximum atomic E-state index is 12.1. The van der Waals surface area contributed by atoms with Crippen LogP contribution >= 0.6 is 0 Å². The predicted octanol–water partition coefficient (Wildman–Crippen LogP) is 2.91. The van der Waals surface area contributed by atoms with Gasteiger partial charge in [-0.25, -0.2) is 4.39 Å². The molecule has 0 fully saturated rings. The molecule has 0 radical (unpaired) electrons. The molecule has 2 aromatic rings. The molecule has 0 aromatic heterocycles. The second-order valence-corrected chi connectivity index (χ2v) is 5.66. The van der Waals surface area contributed by atoms with Crippen molar-refractivity contribution in [3.63, 3.8) is 0 Å². The average molecular weight is 333 g/mol. The number of aliphatic hydroxyl groups is 1. The van der Waals surface area contributed by atoms with Gasteiger partial charge in [0, 0.05) is 13.1 Å². The third-order valence-corrected chi connectivity index (χ3v) is 3.43. The van der Waals surface area contributed by atoms with Gasteiger partial charge in [0.2, 0.25) is 0 Å². The Morgan fingerprint density at radius 1 is 1.00 bits per heavy atom. The van der Waals surface area contributed by atoms with Crippen molar-refractivity contribution in [1.29, 1.82) is 0 Å². The molecule has 0 bridgehead atoms. The summed E-state index contributed by atoms with van der Waals surface area (Å²) in [5, 5.41) is 10.1. The lowest BCUT2D eigenvalue weighted by Gasteiger charge is -2.21. The zero-order valence-electron chi connectivity index (χ0n) is 13.9. The Hall–Kier alpha value is -2.11. The zero-order chi connectivity index (χ0) is 17.2. The van der Waals surface area contributed by atoms with E-state index >= 15 is 0 Å². The van der Waals surface area contributed by atoms with E-state index in [1.54, 1.807) is 0 Å². The minimum absolute atomic E-state index is 0.0762. The van der Waals surface area contributed by atoms with E-state index in [4.69, 9.17) is 9.47 Å². The van der Waals surface area contributed by atoms with E-state index in [-0.39, 0.29) is 13.2 Å². The fourth-order valence-electron chi connectivity index (χ4n) is 2.35. The van der Waals surface area contributed by atoms with Gasteiger partial charge >= 0.3 is 0 Å². The van der Waals surface area contributed by atoms with E-state index in [0.29, 0.717) is 18.8 Å². The normalized spacial score (nSPS) is 12.2. The highest BCUT2D eigenvalue weighted by atomic mass is 19.1. The number of alkyl halides is 1. The summed E-state index contributed by atoms with van der Waals surface area (Å²) in [4.78, 5) is 2.02. The molecule has 4 nitrogen and oxygen atoms in total. The van der Waals surface area contributed by atoms with E-state index in [2.05, 4.69) is 0 Å². The minimum Gasteiger partial charge on any atom is -0.491 e. The maximum absolute atomic E-state index is 12.1. The molecule has 1 atom stereocenters. The number of benzene rings is 2. The van der Waals surface area contributed by atoms with Crippen LogP contribution in [0.25, 0.3) is 0 Å². The first-order valence-electron chi connectivity index (χ1n) is 7.99. The standard InChI is InChI=1S/C19H24FNO3/c1-21(13-16-7-9-19(10-8-16)23-12-11-20)14-17(22)15-24-18-5-3-2-4-6-18/h2-10,17,22H,11-15H2,1H3. The van der Waals surface area contributed by atoms with Crippen LogP contribution in [0.15, 0.2) is 54.6 Å². The fraction of sp³-hybridized carbons (Fsp3) is 0.368. The van der Waals surface area contributed by atoms with Crippen molar-refractivity contribution in [2.45, 2.75) is 12.6 Å². The van der Waals surface area contributed by atoms with E-state index in [9.17, 15) is 9.50 Å². The number of rotatable bonds is 10. The number of aliphatic hydroxyl groups excluding tert-OH is 1. The van der Waals surface area contributed by atoms with Crippen LogP contribution in [-0.2, 0) is 6.54 Å². The number of hydrogen-bond donors (Lipinski definition) is 1. The number of halogens is 1. The van der Waals surface area contributed by atoms with Crippen molar-refractivity contribution < 1.29 is 19.0 Å². The van der Waals surface area contributed by atoms with Crippen molar-refractivity contribution in [3.8, 4) is 11.5 Å². The second-order valence-electron chi connectivity index (χ2n) is 5.66. The first-order chi connectivity index (χ1) is 11.7. The molecule has 1 N–H and O–H groups in total. The summed E-state index contributed by atoms with van der Waals surface area (Å²) < 4.78 is 22.8. The summed E-state index contributed by atoms with van der Waals surface area (Å²) in [6, 6.07) is 17.0. The summed E-state index contributed by atoms with van der Waals surface area (Å²) in [6.07, 6.45) is -0.567. The Balaban J connectivity index is 1.72. The van der Waals surface area contributed by atoms with Gasteiger partial charge in [-0.2, -0.15) is 0 Å². The molecule has 0 spiro atoms. The van der Waals surface area contributed by atoms with E-state index < -0.39 is 12.8 Å². The molecule has 0 saturated carbocycles. The van der Waals surface area contributed by atoms with Crippen LogP contribution in [-0.4, -0.2) is 49.6 Å². The third kappa shape index (κ3) is 6.56. The minimum atomic E-state index is -0.567. The number of ether oxygens (including phenoxy) is 2. The first kappa shape index (κ1) is 18.2. The molecule has 0 amide bonds. The molecule has 24 heavy (non-hydrogen) atoms. The molecular weight excluding hydrogens is 309 g/mol. The lowest BCUT2D eigenvalue weighted by atomic mass is 10.2. The van der Waals surface area contributed by atoms with Gasteiger partial charge in [-0.3, -0.25) is 4.90 Å². The Labute approximate surface area is 142 Å². The Bertz CT molecular complexity index is 577. The van der Waals surface area contributed by atoms with Crippen molar-refractivity contribution in [2.24, 2.45) is 0 Å². The molecule has 2 rings (SSSR count). The predicted molar refractivity (Wildman–Crippen MR) is 92.2 cm³/mol. The largest absolute Gasteiger partial charge is 0.491 e. The quantitative estimate of drug-likeness (QED) is 0.726. The third-order valence-electron chi connectivity index (χ3n) is 3.43. The van der Waals surface area contributed by atoms with E-state index in [1.165, 1.54) is 0 Å². The second kappa shape index (κ2) is 9.90. The summed E-state index contributed by atoms with van der Waals surface area (Å²) in [7, 11) is 1.94. The molecule has 0 aliphatic rings. The lowest BCUT2D eigenvalue weighted by Crippen LogP contribution is -2.32. The van der Waals surface area contributed by atoms with Gasteiger partial charge in [0.15, 0.2) is 0 Å². The molecule has 130 valence electrons. The van der Waals surface area contributed by atoms with Crippen LogP contribution in [0.5, 0.6) is 11.5 Å². The van der Waals surface area contributed by atoms with Crippen LogP contribution in [0.2, 0.25) is 0 Å². The molecule has 0 aliphatic carbocycles. The van der Waals surface area contributed by atoms with E-state index in [0.717, 1.165) is 11.3 Å². The van der Waals surface area contributed by atoms with Crippen molar-refractivity contribution in [3.05, 3.63) is 60.2 Å². The van der Waals surface area contributed by atoms with Gasteiger partial charge in [0.05, 0.1) is 0 Å². The molecule has 0 aliphatic heterocycles. The highest BCUT2D eigenvalue weighted by Crippen LogP contribution is 2.14. The summed E-state index contributed by atoms with van der Waals surface area (Å²) >= 11 is 0. The SMILES string of the molecule is CN(Cc1ccc(OCCF)cc1)CC(O)COc1ccccc1. The molecule has 2 aromatic carbocycles. The van der Waals surface area contributed by atoms with Crippen LogP contribution in [0.4, 0.5) is 4.39 Å². The molecule has 1 unspecified atom stereocenters. The number of hydrogen-bond acceptors (Lipinski definition) is 4. The Morgan fingerprint density at radius 3 is 2.33 bits per heavy atom. The van der Waals surface area contributed by atoms with Crippen molar-refractivity contribution >= 4 is 0 Å². The first-order valence-corrected chi connectivity index (χ1v) is 7.99. The van der Waals surface area contributed by atoms with Crippen LogP contribution in [0, 0.1) is 0 Å². The summed E-state index contributed by atoms with van der Waals surface area (Å²) in [6.45, 7) is 1.05. The zero-order valence-corrected chi connectivity index (χ0v) is 13.9. The molecule has 0 heterocycles. The van der Waals surface area contributed by atoms with Crippen LogP contribution < -0.4 is 9.47 Å². The number of para-hydroxylation sites is 1. The molecule has 0 saturated heterocycles. The van der Waals surface area contributed by atoms with Gasteiger partial charge in [-0.1, -0.05) is 30.3 Å². The Kier molecular flexibility index (Phi) is 7.52. The summed E-state index contributed by atoms with van der Waals surface area (Å²) in [5.41, 5.74) is 1.10. The van der Waals surface area contributed by atoms with Gasteiger partial charge in [0.25, 0.3) is 0 Å². The highest BCUT2D eigenvalue weighted by molar-refractivity contribution is 5.27. The number of nitrogens with zero attached hydrogens (tertiary/aromatic N) is 1. The average Bonchev–Trinajstić information content (AvgIpc) is 2.60. The monoisotopic (exact) mass is 333 g/mol. The molecule has 5 heteroatoms. The molecular formula is C19H24FNO3. The van der Waals surface area contributed by atoms with Crippen LogP contribution in [0.1, 0.15) is 5.56 Å². The van der Waals surface area contributed by atoms with Gasteiger partial charge in [-0.05, 0) is 36.9 Å². The Morgan fingerprint density at radius 2 is 1.67 bits per heavy atom. The topological polar surface area (TPSA) is 41.9 Å². The van der Waals surface area contributed by atoms with Crippen molar-refractivity contribution in [1.82, 2.24) is 4.90 Å². The van der Waals surface area contributed by atoms with Crippen LogP contribution in [0.3, 0.4) is 0 Å².